The minimum absolute atomic E-state index is 0.0289. The summed E-state index contributed by atoms with van der Waals surface area (Å²) in [6, 6.07) is 0. The molecule has 3 saturated heterocycles. The number of rotatable bonds is 8. The van der Waals surface area contributed by atoms with Crippen molar-refractivity contribution in [1.82, 2.24) is 0 Å². The molecule has 15 nitrogen and oxygen atoms in total. The molecule has 0 unspecified atom stereocenters. The van der Waals surface area contributed by atoms with Crippen LogP contribution in [0.2, 0.25) is 0 Å². The molecule has 3 heterocycles. The SMILES string of the molecule is C[C@@H]1C[C@@H]([C@](C)(O)[C@H]2CC[C@H]3[C@@H]4CC=C5C[C@@H](O[C@@H]6O[C@H](CO[C@@H]7O[C@H](CO)[C@@H](O)[C@@H](O)[C@H]7O)[C@@H](O)[C@@H](O)[C@H]6O)C[C@H](O)[C@@]5(C)[C@@H]4CC[C@@]23C)OC(=O)[C@@H]1C. The van der Waals surface area contributed by atoms with Gasteiger partial charge in [-0.15, -0.1) is 0 Å². The third-order valence-electron chi connectivity index (χ3n) is 15.9. The number of carbonyl (C=O) groups is 1. The second-order valence-corrected chi connectivity index (χ2v) is 18.7. The van der Waals surface area contributed by atoms with Gasteiger partial charge >= 0.3 is 5.97 Å². The van der Waals surface area contributed by atoms with Crippen LogP contribution in [0.4, 0.5) is 0 Å². The molecule has 22 atom stereocenters. The molecular weight excluding hydrogens is 720 g/mol. The zero-order valence-corrected chi connectivity index (χ0v) is 32.6. The van der Waals surface area contributed by atoms with E-state index in [-0.39, 0.29) is 41.5 Å². The standard InChI is InChI=1S/C40H64O15/c1-17-12-28(55-35(49)18(17)2)40(5,50)26-9-8-22-21-7-6-19-13-20(14-27(42)39(19,4)23(21)10-11-38(22,26)3)52-37-34(48)32(46)30(44)25(54-37)16-51-36-33(47)31(45)29(43)24(15-41)53-36/h6,17-18,20-34,36-37,41-48,50H,7-16H2,1-5H3/t17-,18-,20-,21+,22+,23-,24-,25-,26+,27+,28+,29-,30-,31-,32-,33-,34-,36-,37-,38-,39-,40-/m1/s1. The first-order valence-corrected chi connectivity index (χ1v) is 20.4. The number of cyclic esters (lactones) is 1. The van der Waals surface area contributed by atoms with Crippen LogP contribution < -0.4 is 0 Å². The molecule has 0 radical (unpaired) electrons. The van der Waals surface area contributed by atoms with Crippen LogP contribution in [0.5, 0.6) is 0 Å². The van der Waals surface area contributed by atoms with Gasteiger partial charge in [0.25, 0.3) is 0 Å². The highest BCUT2D eigenvalue weighted by Crippen LogP contribution is 2.68. The van der Waals surface area contributed by atoms with Gasteiger partial charge < -0.3 is 69.6 Å². The number of esters is 1. The molecule has 7 rings (SSSR count). The van der Waals surface area contributed by atoms with Crippen molar-refractivity contribution in [2.24, 2.45) is 46.3 Å². The smallest absolute Gasteiger partial charge is 0.309 e. The lowest BCUT2D eigenvalue weighted by Crippen LogP contribution is -2.62. The summed E-state index contributed by atoms with van der Waals surface area (Å²) in [5, 5.41) is 96.5. The van der Waals surface area contributed by atoms with Crippen LogP contribution in [-0.2, 0) is 28.5 Å². The number of fused-ring (bicyclic) bond motifs is 5. The zero-order chi connectivity index (χ0) is 39.9. The first-order chi connectivity index (χ1) is 25.8. The van der Waals surface area contributed by atoms with E-state index in [0.717, 1.165) is 37.7 Å². The molecule has 15 heteroatoms. The number of aliphatic hydroxyl groups is 9. The topological polar surface area (TPSA) is 245 Å². The number of carbonyl (C=O) groups excluding carboxylic acids is 1. The molecule has 0 aromatic rings. The van der Waals surface area contributed by atoms with Crippen molar-refractivity contribution in [1.29, 1.82) is 0 Å². The van der Waals surface area contributed by atoms with Crippen LogP contribution in [0.25, 0.3) is 0 Å². The molecule has 3 saturated carbocycles. The second-order valence-electron chi connectivity index (χ2n) is 18.7. The highest BCUT2D eigenvalue weighted by atomic mass is 16.7. The normalized spacial score (nSPS) is 54.0. The fourth-order valence-corrected chi connectivity index (χ4v) is 12.2. The highest BCUT2D eigenvalue weighted by molar-refractivity contribution is 5.73. The van der Waals surface area contributed by atoms with Gasteiger partial charge in [0.1, 0.15) is 60.5 Å². The Kier molecular flexibility index (Phi) is 11.7. The molecule has 4 aliphatic carbocycles. The van der Waals surface area contributed by atoms with E-state index in [1.54, 1.807) is 0 Å². The van der Waals surface area contributed by atoms with Crippen LogP contribution in [0.15, 0.2) is 11.6 Å². The fourth-order valence-electron chi connectivity index (χ4n) is 12.2. The van der Waals surface area contributed by atoms with E-state index in [1.807, 2.05) is 13.8 Å². The van der Waals surface area contributed by atoms with Gasteiger partial charge in [0.2, 0.25) is 0 Å². The molecule has 55 heavy (non-hydrogen) atoms. The average Bonchev–Trinajstić information content (AvgIpc) is 3.51. The predicted octanol–water partition coefficient (Wildman–Crippen LogP) is -0.116. The van der Waals surface area contributed by atoms with Gasteiger partial charge in [-0.2, -0.15) is 0 Å². The Hall–Kier alpha value is -1.31. The van der Waals surface area contributed by atoms with E-state index >= 15 is 0 Å². The number of ether oxygens (including phenoxy) is 5. The summed E-state index contributed by atoms with van der Waals surface area (Å²) in [6.45, 7) is 9.14. The fraction of sp³-hybridized carbons (Fsp3) is 0.925. The van der Waals surface area contributed by atoms with Gasteiger partial charge in [-0.05, 0) is 86.9 Å². The Morgan fingerprint density at radius 2 is 1.51 bits per heavy atom. The largest absolute Gasteiger partial charge is 0.459 e. The summed E-state index contributed by atoms with van der Waals surface area (Å²) in [5.41, 5.74) is -0.749. The Bertz CT molecular complexity index is 1420. The average molecular weight is 785 g/mol. The Morgan fingerprint density at radius 3 is 2.18 bits per heavy atom. The summed E-state index contributed by atoms with van der Waals surface area (Å²) in [6.07, 6.45) is -9.11. The summed E-state index contributed by atoms with van der Waals surface area (Å²) >= 11 is 0. The maximum atomic E-state index is 12.7. The minimum atomic E-state index is -1.68. The number of aliphatic hydroxyl groups excluding tert-OH is 8. The van der Waals surface area contributed by atoms with E-state index in [0.29, 0.717) is 24.7 Å². The molecular formula is C40H64O15. The summed E-state index contributed by atoms with van der Waals surface area (Å²) in [7, 11) is 0. The molecule has 6 fully saturated rings. The van der Waals surface area contributed by atoms with E-state index in [9.17, 15) is 50.8 Å². The summed E-state index contributed by atoms with van der Waals surface area (Å²) in [5.74, 6) is 0.515. The van der Waals surface area contributed by atoms with Gasteiger partial charge in [0.15, 0.2) is 12.6 Å². The maximum absolute atomic E-state index is 12.7. The summed E-state index contributed by atoms with van der Waals surface area (Å²) in [4.78, 5) is 12.7. The molecule has 0 bridgehead atoms. The minimum Gasteiger partial charge on any atom is -0.459 e. The molecule has 9 N–H and O–H groups in total. The summed E-state index contributed by atoms with van der Waals surface area (Å²) < 4.78 is 29.0. The molecule has 3 aliphatic heterocycles. The van der Waals surface area contributed by atoms with Gasteiger partial charge in [0.05, 0.1) is 31.3 Å². The Balaban J connectivity index is 1.01. The third kappa shape index (κ3) is 6.94. The van der Waals surface area contributed by atoms with Crippen molar-refractivity contribution in [3.8, 4) is 0 Å². The van der Waals surface area contributed by atoms with Crippen molar-refractivity contribution in [2.45, 2.75) is 171 Å². The van der Waals surface area contributed by atoms with Crippen LogP contribution in [-0.4, -0.2) is 150 Å². The van der Waals surface area contributed by atoms with Gasteiger partial charge in [-0.25, -0.2) is 0 Å². The quantitative estimate of drug-likeness (QED) is 0.115. The number of hydrogen-bond acceptors (Lipinski definition) is 15. The molecule has 7 aliphatic rings. The van der Waals surface area contributed by atoms with E-state index in [1.165, 1.54) is 0 Å². The monoisotopic (exact) mass is 784 g/mol. The second kappa shape index (κ2) is 15.4. The van der Waals surface area contributed by atoms with Crippen molar-refractivity contribution >= 4 is 5.97 Å². The first-order valence-electron chi connectivity index (χ1n) is 20.4. The van der Waals surface area contributed by atoms with E-state index in [2.05, 4.69) is 26.8 Å². The van der Waals surface area contributed by atoms with Gasteiger partial charge in [-0.1, -0.05) is 39.3 Å². The third-order valence-corrected chi connectivity index (χ3v) is 15.9. The van der Waals surface area contributed by atoms with Crippen molar-refractivity contribution in [3.63, 3.8) is 0 Å². The van der Waals surface area contributed by atoms with Crippen molar-refractivity contribution < 1.29 is 74.4 Å². The Morgan fingerprint density at radius 1 is 0.855 bits per heavy atom. The lowest BCUT2D eigenvalue weighted by atomic mass is 9.46. The van der Waals surface area contributed by atoms with Crippen LogP contribution >= 0.6 is 0 Å². The molecule has 0 amide bonds. The molecule has 314 valence electrons. The molecule has 0 aromatic carbocycles. The zero-order valence-electron chi connectivity index (χ0n) is 32.6. The predicted molar refractivity (Wildman–Crippen MR) is 191 cm³/mol. The van der Waals surface area contributed by atoms with E-state index in [4.69, 9.17) is 23.7 Å². The highest BCUT2D eigenvalue weighted by Gasteiger charge is 2.64. The lowest BCUT2D eigenvalue weighted by Gasteiger charge is -2.60. The molecule has 0 spiro atoms. The van der Waals surface area contributed by atoms with Crippen LogP contribution in [0.3, 0.4) is 0 Å². The van der Waals surface area contributed by atoms with Gasteiger partial charge in [-0.3, -0.25) is 4.79 Å². The Labute approximate surface area is 322 Å². The first kappa shape index (κ1) is 41.8. The number of allylic oxidation sites excluding steroid dienone is 1. The van der Waals surface area contributed by atoms with Crippen molar-refractivity contribution in [2.75, 3.05) is 13.2 Å². The lowest BCUT2D eigenvalue weighted by molar-refractivity contribution is -0.337. The van der Waals surface area contributed by atoms with Crippen molar-refractivity contribution in [3.05, 3.63) is 11.6 Å². The van der Waals surface area contributed by atoms with Gasteiger partial charge in [0, 0.05) is 11.8 Å². The van der Waals surface area contributed by atoms with Crippen LogP contribution in [0, 0.1) is 46.3 Å². The maximum Gasteiger partial charge on any atom is 0.309 e. The van der Waals surface area contributed by atoms with E-state index < -0.39 is 104 Å². The van der Waals surface area contributed by atoms with Crippen LogP contribution in [0.1, 0.15) is 86.0 Å². The number of hydrogen-bond donors (Lipinski definition) is 9. The molecule has 0 aromatic heterocycles.